The molecule has 0 radical (unpaired) electrons. The zero-order valence-corrected chi connectivity index (χ0v) is 11.5. The maximum Gasteiger partial charge on any atom is 0.245 e. The molecule has 0 saturated heterocycles. The molecule has 1 amide bonds. The summed E-state index contributed by atoms with van der Waals surface area (Å²) in [6.45, 7) is 1.46. The fourth-order valence-corrected chi connectivity index (χ4v) is 2.62. The Morgan fingerprint density at radius 3 is 3.25 bits per heavy atom. The Bertz CT molecular complexity index is 615. The molecule has 7 heteroatoms. The number of nitrogens with one attached hydrogen (secondary N) is 1. The van der Waals surface area contributed by atoms with Gasteiger partial charge >= 0.3 is 0 Å². The maximum atomic E-state index is 12.0. The zero-order valence-electron chi connectivity index (χ0n) is 10.7. The molecule has 0 atom stereocenters. The first kappa shape index (κ1) is 12.7. The van der Waals surface area contributed by atoms with Gasteiger partial charge < -0.3 is 20.7 Å². The highest BCUT2D eigenvalue weighted by atomic mass is 32.1. The molecule has 0 bridgehead atoms. The number of hydrogen-bond acceptors (Lipinski definition) is 6. The van der Waals surface area contributed by atoms with Gasteiger partial charge in [-0.1, -0.05) is 0 Å². The number of carbonyl (C=O) groups is 1. The van der Waals surface area contributed by atoms with Crippen molar-refractivity contribution < 1.29 is 9.53 Å². The van der Waals surface area contributed by atoms with E-state index in [9.17, 15) is 4.79 Å². The van der Waals surface area contributed by atoms with Gasteiger partial charge in [0, 0.05) is 17.3 Å². The van der Waals surface area contributed by atoms with Gasteiger partial charge in [-0.3, -0.25) is 4.79 Å². The second-order valence-corrected chi connectivity index (χ2v) is 5.28. The maximum absolute atomic E-state index is 12.0. The van der Waals surface area contributed by atoms with Gasteiger partial charge in [-0.2, -0.15) is 0 Å². The van der Waals surface area contributed by atoms with Crippen molar-refractivity contribution in [1.82, 2.24) is 4.98 Å². The Morgan fingerprint density at radius 2 is 2.45 bits per heavy atom. The highest BCUT2D eigenvalue weighted by molar-refractivity contribution is 7.13. The van der Waals surface area contributed by atoms with Crippen LogP contribution in [0.5, 0.6) is 5.75 Å². The van der Waals surface area contributed by atoms with E-state index in [0.29, 0.717) is 24.0 Å². The summed E-state index contributed by atoms with van der Waals surface area (Å²) in [7, 11) is 0. The zero-order chi connectivity index (χ0) is 13.9. The van der Waals surface area contributed by atoms with Crippen LogP contribution in [0, 0.1) is 0 Å². The lowest BCUT2D eigenvalue weighted by atomic mass is 10.2. The summed E-state index contributed by atoms with van der Waals surface area (Å²) >= 11 is 1.40. The second-order valence-electron chi connectivity index (χ2n) is 4.38. The Hall–Kier alpha value is -2.28. The number of rotatable bonds is 3. The molecule has 0 fully saturated rings. The normalized spacial score (nSPS) is 13.5. The highest BCUT2D eigenvalue weighted by Crippen LogP contribution is 2.33. The number of benzene rings is 1. The fraction of sp³-hybridized carbons (Fsp3) is 0.231. The largest absolute Gasteiger partial charge is 0.490 e. The van der Waals surface area contributed by atoms with E-state index in [1.54, 1.807) is 12.3 Å². The van der Waals surface area contributed by atoms with E-state index in [4.69, 9.17) is 10.5 Å². The molecular weight excluding hydrogens is 276 g/mol. The summed E-state index contributed by atoms with van der Waals surface area (Å²) in [4.78, 5) is 18.0. The molecule has 1 aliphatic heterocycles. The fourth-order valence-electron chi connectivity index (χ4n) is 2.07. The van der Waals surface area contributed by atoms with Crippen LogP contribution in [-0.4, -0.2) is 30.6 Å². The van der Waals surface area contributed by atoms with E-state index in [1.165, 1.54) is 11.3 Å². The number of aromatic nitrogens is 1. The summed E-state index contributed by atoms with van der Waals surface area (Å²) in [5, 5.41) is 5.20. The first-order valence-electron chi connectivity index (χ1n) is 6.19. The Labute approximate surface area is 120 Å². The number of anilines is 3. The van der Waals surface area contributed by atoms with Crippen molar-refractivity contribution >= 4 is 33.8 Å². The third-order valence-corrected chi connectivity index (χ3v) is 3.64. The number of nitrogens with zero attached hydrogens (tertiary/aromatic N) is 2. The average Bonchev–Trinajstić information content (AvgIpc) is 2.92. The molecule has 1 aliphatic rings. The number of nitrogen functional groups attached to an aromatic ring is 1. The van der Waals surface area contributed by atoms with Crippen LogP contribution in [0.25, 0.3) is 0 Å². The summed E-state index contributed by atoms with van der Waals surface area (Å²) < 4.78 is 5.56. The summed E-state index contributed by atoms with van der Waals surface area (Å²) in [6, 6.07) is 5.44. The molecule has 0 spiro atoms. The van der Waals surface area contributed by atoms with Gasteiger partial charge in [-0.15, -0.1) is 11.3 Å². The molecular formula is C13H14N4O2S. The monoisotopic (exact) mass is 290 g/mol. The lowest BCUT2D eigenvalue weighted by Crippen LogP contribution is -2.38. The van der Waals surface area contributed by atoms with Crippen molar-refractivity contribution in [2.75, 3.05) is 35.6 Å². The van der Waals surface area contributed by atoms with Crippen molar-refractivity contribution in [3.05, 3.63) is 29.8 Å². The smallest absolute Gasteiger partial charge is 0.245 e. The molecule has 2 heterocycles. The van der Waals surface area contributed by atoms with E-state index in [1.807, 2.05) is 22.4 Å². The Kier molecular flexibility index (Phi) is 3.42. The Morgan fingerprint density at radius 1 is 1.55 bits per heavy atom. The molecule has 1 aromatic carbocycles. The minimum Gasteiger partial charge on any atom is -0.490 e. The van der Waals surface area contributed by atoms with Gasteiger partial charge in [0.1, 0.15) is 12.4 Å². The van der Waals surface area contributed by atoms with Gasteiger partial charge in [0.05, 0.1) is 18.8 Å². The standard InChI is InChI=1S/C13H14N4O2S/c14-9-1-2-11-10(7-9)17(4-5-19-11)8-12(18)16-13-15-3-6-20-13/h1-3,6-7H,4-5,8,14H2,(H,15,16,18). The van der Waals surface area contributed by atoms with Gasteiger partial charge in [0.15, 0.2) is 5.13 Å². The molecule has 3 rings (SSSR count). The average molecular weight is 290 g/mol. The molecule has 2 aromatic rings. The van der Waals surface area contributed by atoms with Crippen LogP contribution in [0.4, 0.5) is 16.5 Å². The van der Waals surface area contributed by atoms with Gasteiger partial charge in [-0.25, -0.2) is 4.98 Å². The number of thiazole rings is 1. The summed E-state index contributed by atoms with van der Waals surface area (Å²) in [5.41, 5.74) is 7.30. The van der Waals surface area contributed by atoms with Crippen LogP contribution in [0.2, 0.25) is 0 Å². The summed E-state index contributed by atoms with van der Waals surface area (Å²) in [5.74, 6) is 0.655. The first-order valence-corrected chi connectivity index (χ1v) is 7.07. The number of hydrogen-bond donors (Lipinski definition) is 2. The van der Waals surface area contributed by atoms with Crippen LogP contribution in [0.1, 0.15) is 0 Å². The molecule has 1 aromatic heterocycles. The van der Waals surface area contributed by atoms with Crippen molar-refractivity contribution in [3.63, 3.8) is 0 Å². The molecule has 6 nitrogen and oxygen atoms in total. The third kappa shape index (κ3) is 2.67. The lowest BCUT2D eigenvalue weighted by Gasteiger charge is -2.30. The third-order valence-electron chi connectivity index (χ3n) is 2.96. The van der Waals surface area contributed by atoms with Crippen LogP contribution >= 0.6 is 11.3 Å². The number of fused-ring (bicyclic) bond motifs is 1. The van der Waals surface area contributed by atoms with Gasteiger partial charge in [0.2, 0.25) is 5.91 Å². The van der Waals surface area contributed by atoms with Gasteiger partial charge in [-0.05, 0) is 18.2 Å². The number of nitrogens with two attached hydrogens (primary N) is 1. The van der Waals surface area contributed by atoms with Gasteiger partial charge in [0.25, 0.3) is 0 Å². The summed E-state index contributed by atoms with van der Waals surface area (Å²) in [6.07, 6.45) is 1.66. The molecule has 3 N–H and O–H groups in total. The van der Waals surface area contributed by atoms with E-state index < -0.39 is 0 Å². The molecule has 0 unspecified atom stereocenters. The van der Waals surface area contributed by atoms with Crippen LogP contribution in [-0.2, 0) is 4.79 Å². The molecule has 20 heavy (non-hydrogen) atoms. The number of amides is 1. The molecule has 0 aliphatic carbocycles. The molecule has 104 valence electrons. The number of carbonyl (C=O) groups excluding carboxylic acids is 1. The van der Waals surface area contributed by atoms with Crippen LogP contribution < -0.4 is 20.7 Å². The van der Waals surface area contributed by atoms with E-state index in [-0.39, 0.29) is 12.5 Å². The highest BCUT2D eigenvalue weighted by Gasteiger charge is 2.20. The van der Waals surface area contributed by atoms with E-state index >= 15 is 0 Å². The predicted molar refractivity (Wildman–Crippen MR) is 79.3 cm³/mol. The van der Waals surface area contributed by atoms with Crippen molar-refractivity contribution in [2.45, 2.75) is 0 Å². The number of ether oxygens (including phenoxy) is 1. The Balaban J connectivity index is 1.72. The van der Waals surface area contributed by atoms with Crippen LogP contribution in [0.15, 0.2) is 29.8 Å². The topological polar surface area (TPSA) is 80.5 Å². The van der Waals surface area contributed by atoms with Crippen molar-refractivity contribution in [1.29, 1.82) is 0 Å². The predicted octanol–water partition coefficient (Wildman–Crippen LogP) is 1.56. The molecule has 0 saturated carbocycles. The quantitative estimate of drug-likeness (QED) is 0.839. The SMILES string of the molecule is Nc1ccc2c(c1)N(CC(=O)Nc1nccs1)CCO2. The van der Waals surface area contributed by atoms with E-state index in [0.717, 1.165) is 11.4 Å². The minimum atomic E-state index is -0.102. The van der Waals surface area contributed by atoms with Crippen molar-refractivity contribution in [3.8, 4) is 5.75 Å². The lowest BCUT2D eigenvalue weighted by molar-refractivity contribution is -0.115. The van der Waals surface area contributed by atoms with E-state index in [2.05, 4.69) is 10.3 Å². The first-order chi connectivity index (χ1) is 9.72. The minimum absolute atomic E-state index is 0.102. The second kappa shape index (κ2) is 5.38. The van der Waals surface area contributed by atoms with Crippen molar-refractivity contribution in [2.24, 2.45) is 0 Å². The van der Waals surface area contributed by atoms with Crippen LogP contribution in [0.3, 0.4) is 0 Å².